The van der Waals surface area contributed by atoms with Gasteiger partial charge in [0, 0.05) is 23.1 Å². The summed E-state index contributed by atoms with van der Waals surface area (Å²) in [6, 6.07) is 6.17. The Kier molecular flexibility index (Phi) is 8.05. The molecular formula is C14H23BrNO2+. The lowest BCUT2D eigenvalue weighted by atomic mass is 10.2. The average Bonchev–Trinajstić information content (AvgIpc) is 2.37. The fourth-order valence-corrected chi connectivity index (χ4v) is 2.14. The molecule has 1 rings (SSSR count). The summed E-state index contributed by atoms with van der Waals surface area (Å²) in [7, 11) is 0. The van der Waals surface area contributed by atoms with Crippen molar-refractivity contribution in [2.45, 2.75) is 26.8 Å². The summed E-state index contributed by atoms with van der Waals surface area (Å²) in [6.07, 6.45) is 1.09. The van der Waals surface area contributed by atoms with E-state index in [4.69, 9.17) is 9.47 Å². The van der Waals surface area contributed by atoms with Crippen LogP contribution in [-0.2, 0) is 11.3 Å². The maximum atomic E-state index is 5.62. The Bertz CT molecular complexity index is 345. The van der Waals surface area contributed by atoms with Gasteiger partial charge in [-0.1, -0.05) is 15.9 Å². The molecular weight excluding hydrogens is 294 g/mol. The SMILES string of the molecule is CCOCCC[NH2+]Cc1cc(Br)ccc1OCC. The number of rotatable bonds is 9. The topological polar surface area (TPSA) is 35.1 Å². The highest BCUT2D eigenvalue weighted by molar-refractivity contribution is 9.10. The molecule has 18 heavy (non-hydrogen) atoms. The lowest BCUT2D eigenvalue weighted by molar-refractivity contribution is -0.671. The molecule has 0 fully saturated rings. The molecule has 0 spiro atoms. The number of halogens is 1. The highest BCUT2D eigenvalue weighted by Crippen LogP contribution is 2.22. The second kappa shape index (κ2) is 9.36. The minimum atomic E-state index is 0.707. The van der Waals surface area contributed by atoms with Gasteiger partial charge >= 0.3 is 0 Å². The van der Waals surface area contributed by atoms with Crippen LogP contribution in [0, 0.1) is 0 Å². The summed E-state index contributed by atoms with van der Waals surface area (Å²) in [5.41, 5.74) is 1.24. The molecule has 0 amide bonds. The third-order valence-electron chi connectivity index (χ3n) is 2.59. The van der Waals surface area contributed by atoms with E-state index in [9.17, 15) is 0 Å². The van der Waals surface area contributed by atoms with Gasteiger partial charge in [-0.05, 0) is 32.0 Å². The maximum Gasteiger partial charge on any atom is 0.128 e. The van der Waals surface area contributed by atoms with E-state index in [-0.39, 0.29) is 0 Å². The van der Waals surface area contributed by atoms with Gasteiger partial charge in [-0.2, -0.15) is 0 Å². The van der Waals surface area contributed by atoms with Crippen LogP contribution in [0.2, 0.25) is 0 Å². The fraction of sp³-hybridized carbons (Fsp3) is 0.571. The van der Waals surface area contributed by atoms with Crippen molar-refractivity contribution >= 4 is 15.9 Å². The third-order valence-corrected chi connectivity index (χ3v) is 3.08. The first-order valence-corrected chi connectivity index (χ1v) is 7.37. The second-order valence-electron chi connectivity index (χ2n) is 4.02. The van der Waals surface area contributed by atoms with Gasteiger partial charge in [0.05, 0.1) is 19.8 Å². The molecule has 0 aliphatic rings. The van der Waals surface area contributed by atoms with Crippen molar-refractivity contribution in [3.05, 3.63) is 28.2 Å². The zero-order valence-corrected chi connectivity index (χ0v) is 12.8. The first kappa shape index (κ1) is 15.5. The van der Waals surface area contributed by atoms with Crippen LogP contribution in [0.1, 0.15) is 25.8 Å². The summed E-state index contributed by atoms with van der Waals surface area (Å²) in [4.78, 5) is 0. The molecule has 1 aromatic rings. The molecule has 0 radical (unpaired) electrons. The van der Waals surface area contributed by atoms with Crippen molar-refractivity contribution in [2.75, 3.05) is 26.4 Å². The number of hydrogen-bond acceptors (Lipinski definition) is 2. The predicted octanol–water partition coefficient (Wildman–Crippen LogP) is 2.34. The van der Waals surface area contributed by atoms with E-state index in [0.29, 0.717) is 6.61 Å². The van der Waals surface area contributed by atoms with Crippen molar-refractivity contribution < 1.29 is 14.8 Å². The molecule has 0 bridgehead atoms. The van der Waals surface area contributed by atoms with E-state index in [2.05, 4.69) is 27.3 Å². The normalized spacial score (nSPS) is 10.6. The van der Waals surface area contributed by atoms with Crippen molar-refractivity contribution in [3.8, 4) is 5.75 Å². The lowest BCUT2D eigenvalue weighted by Crippen LogP contribution is -2.82. The van der Waals surface area contributed by atoms with Crippen molar-refractivity contribution in [1.82, 2.24) is 0 Å². The zero-order valence-electron chi connectivity index (χ0n) is 11.2. The molecule has 0 heterocycles. The molecule has 102 valence electrons. The Morgan fingerprint density at radius 1 is 1.22 bits per heavy atom. The number of benzene rings is 1. The largest absolute Gasteiger partial charge is 0.493 e. The Balaban J connectivity index is 2.37. The van der Waals surface area contributed by atoms with Crippen LogP contribution in [0.5, 0.6) is 5.75 Å². The van der Waals surface area contributed by atoms with Crippen LogP contribution in [-0.4, -0.2) is 26.4 Å². The van der Waals surface area contributed by atoms with E-state index in [1.54, 1.807) is 0 Å². The highest BCUT2D eigenvalue weighted by Gasteiger charge is 2.05. The minimum absolute atomic E-state index is 0.707. The Morgan fingerprint density at radius 3 is 2.78 bits per heavy atom. The number of quaternary nitrogens is 1. The summed E-state index contributed by atoms with van der Waals surface area (Å²) in [5.74, 6) is 0.988. The smallest absolute Gasteiger partial charge is 0.128 e. The van der Waals surface area contributed by atoms with E-state index < -0.39 is 0 Å². The molecule has 0 aliphatic heterocycles. The van der Waals surface area contributed by atoms with E-state index in [1.165, 1.54) is 5.56 Å². The predicted molar refractivity (Wildman–Crippen MR) is 76.9 cm³/mol. The number of ether oxygens (including phenoxy) is 2. The molecule has 0 saturated heterocycles. The van der Waals surface area contributed by atoms with Gasteiger partial charge < -0.3 is 14.8 Å². The molecule has 3 nitrogen and oxygen atoms in total. The quantitative estimate of drug-likeness (QED) is 0.710. The van der Waals surface area contributed by atoms with Gasteiger partial charge in [0.15, 0.2) is 0 Å². The Labute approximate surface area is 118 Å². The molecule has 0 saturated carbocycles. The summed E-state index contributed by atoms with van der Waals surface area (Å²) >= 11 is 3.50. The minimum Gasteiger partial charge on any atom is -0.493 e. The van der Waals surface area contributed by atoms with E-state index in [0.717, 1.165) is 42.9 Å². The average molecular weight is 317 g/mol. The first-order chi connectivity index (χ1) is 8.77. The zero-order chi connectivity index (χ0) is 13.2. The van der Waals surface area contributed by atoms with E-state index in [1.807, 2.05) is 26.0 Å². The molecule has 1 aromatic carbocycles. The molecule has 2 N–H and O–H groups in total. The second-order valence-corrected chi connectivity index (χ2v) is 4.93. The van der Waals surface area contributed by atoms with Crippen molar-refractivity contribution in [2.24, 2.45) is 0 Å². The van der Waals surface area contributed by atoms with Crippen molar-refractivity contribution in [3.63, 3.8) is 0 Å². The van der Waals surface area contributed by atoms with Crippen LogP contribution in [0.25, 0.3) is 0 Å². The van der Waals surface area contributed by atoms with Gasteiger partial charge in [-0.3, -0.25) is 0 Å². The van der Waals surface area contributed by atoms with Crippen LogP contribution in [0.4, 0.5) is 0 Å². The third kappa shape index (κ3) is 5.85. The van der Waals surface area contributed by atoms with E-state index >= 15 is 0 Å². The Morgan fingerprint density at radius 2 is 2.06 bits per heavy atom. The number of hydrogen-bond donors (Lipinski definition) is 1. The van der Waals surface area contributed by atoms with Crippen molar-refractivity contribution in [1.29, 1.82) is 0 Å². The number of nitrogens with two attached hydrogens (primary N) is 1. The Hall–Kier alpha value is -0.580. The van der Waals surface area contributed by atoms with Crippen LogP contribution in [0.3, 0.4) is 0 Å². The maximum absolute atomic E-state index is 5.62. The van der Waals surface area contributed by atoms with Gasteiger partial charge in [0.25, 0.3) is 0 Å². The molecule has 0 atom stereocenters. The summed E-state index contributed by atoms with van der Waals surface area (Å²) in [5, 5.41) is 2.29. The van der Waals surface area contributed by atoms with Gasteiger partial charge in [-0.15, -0.1) is 0 Å². The van der Waals surface area contributed by atoms with Gasteiger partial charge in [0.1, 0.15) is 12.3 Å². The summed E-state index contributed by atoms with van der Waals surface area (Å²) < 4.78 is 12.0. The van der Waals surface area contributed by atoms with Crippen LogP contribution >= 0.6 is 15.9 Å². The lowest BCUT2D eigenvalue weighted by Gasteiger charge is -2.10. The highest BCUT2D eigenvalue weighted by atomic mass is 79.9. The van der Waals surface area contributed by atoms with Gasteiger partial charge in [-0.25, -0.2) is 0 Å². The van der Waals surface area contributed by atoms with Crippen LogP contribution in [0.15, 0.2) is 22.7 Å². The van der Waals surface area contributed by atoms with Crippen LogP contribution < -0.4 is 10.1 Å². The molecule has 0 aliphatic carbocycles. The molecule has 0 aromatic heterocycles. The van der Waals surface area contributed by atoms with Gasteiger partial charge in [0.2, 0.25) is 0 Å². The summed E-state index contributed by atoms with van der Waals surface area (Å²) in [6.45, 7) is 8.43. The fourth-order valence-electron chi connectivity index (χ4n) is 1.74. The molecule has 4 heteroatoms. The first-order valence-electron chi connectivity index (χ1n) is 6.58. The monoisotopic (exact) mass is 316 g/mol. The molecule has 0 unspecified atom stereocenters. The standard InChI is InChI=1S/C14H22BrNO2/c1-3-17-9-5-8-16-11-12-10-13(15)6-7-14(12)18-4-2/h6-7,10,16H,3-5,8-9,11H2,1-2H3/p+1.